The Kier molecular flexibility index (Phi) is 4.67. The topological polar surface area (TPSA) is 25.2 Å². The molecule has 0 aliphatic rings. The van der Waals surface area contributed by atoms with Crippen LogP contribution in [0.15, 0.2) is 16.5 Å². The standard InChI is InChI=1S/C14H16Cl3NO/c1-4-18-13(7(2)3)11-5-8-12(17)9(15)6-10(16)14(8)19-11/h5-7,13,18H,4H2,1-3H3. The van der Waals surface area contributed by atoms with Crippen molar-refractivity contribution in [2.75, 3.05) is 6.54 Å². The molecule has 1 heterocycles. The van der Waals surface area contributed by atoms with E-state index in [-0.39, 0.29) is 6.04 Å². The molecule has 5 heteroatoms. The molecule has 0 saturated carbocycles. The van der Waals surface area contributed by atoms with Gasteiger partial charge in [-0.25, -0.2) is 0 Å². The van der Waals surface area contributed by atoms with Crippen LogP contribution in [0.4, 0.5) is 0 Å². The van der Waals surface area contributed by atoms with Crippen LogP contribution in [0.3, 0.4) is 0 Å². The average molecular weight is 321 g/mol. The number of halogens is 3. The molecule has 2 aromatic rings. The molecule has 1 N–H and O–H groups in total. The molecule has 1 atom stereocenters. The summed E-state index contributed by atoms with van der Waals surface area (Å²) in [6.45, 7) is 7.20. The minimum absolute atomic E-state index is 0.128. The van der Waals surface area contributed by atoms with Crippen LogP contribution in [-0.4, -0.2) is 6.54 Å². The number of benzene rings is 1. The van der Waals surface area contributed by atoms with Gasteiger partial charge in [0.15, 0.2) is 5.58 Å². The first kappa shape index (κ1) is 15.0. The molecule has 0 fully saturated rings. The highest BCUT2D eigenvalue weighted by Crippen LogP contribution is 2.39. The average Bonchev–Trinajstić information content (AvgIpc) is 2.78. The summed E-state index contributed by atoms with van der Waals surface area (Å²) < 4.78 is 5.87. The Bertz CT molecular complexity index is 592. The van der Waals surface area contributed by atoms with Gasteiger partial charge in [-0.2, -0.15) is 0 Å². The van der Waals surface area contributed by atoms with E-state index in [2.05, 4.69) is 26.1 Å². The summed E-state index contributed by atoms with van der Waals surface area (Å²) in [5.74, 6) is 1.23. The lowest BCUT2D eigenvalue weighted by atomic mass is 10.0. The van der Waals surface area contributed by atoms with Gasteiger partial charge in [-0.3, -0.25) is 0 Å². The molecule has 0 radical (unpaired) electrons. The lowest BCUT2D eigenvalue weighted by molar-refractivity contribution is 0.357. The van der Waals surface area contributed by atoms with E-state index in [0.717, 1.165) is 17.7 Å². The van der Waals surface area contributed by atoms with E-state index in [1.807, 2.05) is 6.07 Å². The Morgan fingerprint density at radius 3 is 2.42 bits per heavy atom. The first-order valence-electron chi connectivity index (χ1n) is 6.26. The van der Waals surface area contributed by atoms with Crippen molar-refractivity contribution in [3.05, 3.63) is 33.0 Å². The van der Waals surface area contributed by atoms with E-state index in [1.165, 1.54) is 0 Å². The van der Waals surface area contributed by atoms with E-state index < -0.39 is 0 Å². The summed E-state index contributed by atoms with van der Waals surface area (Å²) in [7, 11) is 0. The predicted octanol–water partition coefficient (Wildman–Crippen LogP) is 5.70. The molecule has 2 nitrogen and oxygen atoms in total. The zero-order valence-corrected chi connectivity index (χ0v) is 13.3. The van der Waals surface area contributed by atoms with Crippen molar-refractivity contribution in [3.63, 3.8) is 0 Å². The van der Waals surface area contributed by atoms with Crippen molar-refractivity contribution in [3.8, 4) is 0 Å². The second-order valence-electron chi connectivity index (χ2n) is 4.83. The number of fused-ring (bicyclic) bond motifs is 1. The van der Waals surface area contributed by atoms with Crippen molar-refractivity contribution in [2.24, 2.45) is 5.92 Å². The lowest BCUT2D eigenvalue weighted by Gasteiger charge is -2.19. The Morgan fingerprint density at radius 2 is 1.84 bits per heavy atom. The van der Waals surface area contributed by atoms with Gasteiger partial charge in [0.2, 0.25) is 0 Å². The zero-order chi connectivity index (χ0) is 14.2. The van der Waals surface area contributed by atoms with E-state index in [9.17, 15) is 0 Å². The molecule has 0 spiro atoms. The van der Waals surface area contributed by atoms with Gasteiger partial charge >= 0.3 is 0 Å². The van der Waals surface area contributed by atoms with Gasteiger partial charge in [-0.05, 0) is 24.6 Å². The van der Waals surface area contributed by atoms with Crippen molar-refractivity contribution < 1.29 is 4.42 Å². The number of hydrogen-bond donors (Lipinski definition) is 1. The van der Waals surface area contributed by atoms with Crippen LogP contribution in [0, 0.1) is 5.92 Å². The van der Waals surface area contributed by atoms with Crippen LogP contribution >= 0.6 is 34.8 Å². The molecule has 1 unspecified atom stereocenters. The monoisotopic (exact) mass is 319 g/mol. The quantitative estimate of drug-likeness (QED) is 0.731. The van der Waals surface area contributed by atoms with Crippen molar-refractivity contribution in [2.45, 2.75) is 26.8 Å². The number of furan rings is 1. The van der Waals surface area contributed by atoms with Gasteiger partial charge in [0.05, 0.1) is 21.1 Å². The van der Waals surface area contributed by atoms with Crippen molar-refractivity contribution >= 4 is 45.8 Å². The van der Waals surface area contributed by atoms with Gasteiger partial charge in [-0.1, -0.05) is 55.6 Å². The Labute approximate surface area is 128 Å². The van der Waals surface area contributed by atoms with Crippen LogP contribution in [0.25, 0.3) is 11.0 Å². The smallest absolute Gasteiger partial charge is 0.154 e. The van der Waals surface area contributed by atoms with Crippen LogP contribution in [0.2, 0.25) is 15.1 Å². The third-order valence-electron chi connectivity index (χ3n) is 3.06. The number of rotatable bonds is 4. The largest absolute Gasteiger partial charge is 0.458 e. The molecule has 19 heavy (non-hydrogen) atoms. The van der Waals surface area contributed by atoms with Gasteiger partial charge in [0.1, 0.15) is 5.76 Å². The second-order valence-corrected chi connectivity index (χ2v) is 6.02. The Balaban J connectivity index is 2.57. The fourth-order valence-corrected chi connectivity index (χ4v) is 2.87. The molecule has 104 valence electrons. The third-order valence-corrected chi connectivity index (χ3v) is 4.15. The normalized spacial score (nSPS) is 13.4. The Morgan fingerprint density at radius 1 is 1.16 bits per heavy atom. The molecule has 0 amide bonds. The zero-order valence-electron chi connectivity index (χ0n) is 11.1. The van der Waals surface area contributed by atoms with Crippen LogP contribution in [0.5, 0.6) is 0 Å². The minimum atomic E-state index is 0.128. The summed E-state index contributed by atoms with van der Waals surface area (Å²) in [6, 6.07) is 3.66. The van der Waals surface area contributed by atoms with Crippen molar-refractivity contribution in [1.82, 2.24) is 5.32 Å². The highest BCUT2D eigenvalue weighted by Gasteiger charge is 2.21. The molecule has 0 bridgehead atoms. The SMILES string of the molecule is CCNC(c1cc2c(Cl)c(Cl)cc(Cl)c2o1)C(C)C. The van der Waals surface area contributed by atoms with Gasteiger partial charge in [-0.15, -0.1) is 0 Å². The van der Waals surface area contributed by atoms with Gasteiger partial charge < -0.3 is 9.73 Å². The molecule has 0 saturated heterocycles. The van der Waals surface area contributed by atoms with Crippen molar-refractivity contribution in [1.29, 1.82) is 0 Å². The molecule has 1 aromatic heterocycles. The third kappa shape index (κ3) is 2.87. The summed E-state index contributed by atoms with van der Waals surface area (Å²) >= 11 is 18.4. The molecular weight excluding hydrogens is 305 g/mol. The Hall–Kier alpha value is -0.410. The van der Waals surface area contributed by atoms with Crippen LogP contribution < -0.4 is 5.32 Å². The van der Waals surface area contributed by atoms with Gasteiger partial charge in [0.25, 0.3) is 0 Å². The van der Waals surface area contributed by atoms with E-state index in [0.29, 0.717) is 26.6 Å². The number of hydrogen-bond acceptors (Lipinski definition) is 2. The highest BCUT2D eigenvalue weighted by atomic mass is 35.5. The summed E-state index contributed by atoms with van der Waals surface area (Å²) in [5, 5.41) is 5.57. The fourth-order valence-electron chi connectivity index (χ4n) is 2.16. The maximum atomic E-state index is 6.20. The minimum Gasteiger partial charge on any atom is -0.458 e. The summed E-state index contributed by atoms with van der Waals surface area (Å²) in [6.07, 6.45) is 0. The maximum absolute atomic E-state index is 6.20. The predicted molar refractivity (Wildman–Crippen MR) is 82.5 cm³/mol. The lowest BCUT2D eigenvalue weighted by Crippen LogP contribution is -2.24. The number of nitrogens with one attached hydrogen (secondary N) is 1. The second kappa shape index (κ2) is 5.92. The maximum Gasteiger partial charge on any atom is 0.154 e. The van der Waals surface area contributed by atoms with Crippen LogP contribution in [0.1, 0.15) is 32.6 Å². The molecular formula is C14H16Cl3NO. The molecule has 0 aliphatic heterocycles. The fraction of sp³-hybridized carbons (Fsp3) is 0.429. The van der Waals surface area contributed by atoms with Crippen LogP contribution in [-0.2, 0) is 0 Å². The van der Waals surface area contributed by atoms with E-state index in [1.54, 1.807) is 6.07 Å². The van der Waals surface area contributed by atoms with Gasteiger partial charge in [0, 0.05) is 5.39 Å². The molecule has 2 rings (SSSR count). The summed E-state index contributed by atoms with van der Waals surface area (Å²) in [5.41, 5.74) is 0.592. The molecule has 1 aromatic carbocycles. The first-order chi connectivity index (χ1) is 8.95. The summed E-state index contributed by atoms with van der Waals surface area (Å²) in [4.78, 5) is 0. The first-order valence-corrected chi connectivity index (χ1v) is 7.39. The molecule has 0 aliphatic carbocycles. The van der Waals surface area contributed by atoms with E-state index >= 15 is 0 Å². The highest BCUT2D eigenvalue weighted by molar-refractivity contribution is 6.47. The van der Waals surface area contributed by atoms with E-state index in [4.69, 9.17) is 39.2 Å².